The average molecular weight is 212 g/mol. The van der Waals surface area contributed by atoms with Crippen LogP contribution in [-0.2, 0) is 0 Å². The molecule has 4 heteroatoms. The predicted molar refractivity (Wildman–Crippen MR) is 62.1 cm³/mol. The van der Waals surface area contributed by atoms with Crippen LogP contribution in [0.1, 0.15) is 25.7 Å². The van der Waals surface area contributed by atoms with E-state index in [9.17, 15) is 0 Å². The quantitative estimate of drug-likeness (QED) is 0.628. The molecule has 1 heterocycles. The van der Waals surface area contributed by atoms with E-state index >= 15 is 0 Å². The van der Waals surface area contributed by atoms with E-state index in [1.807, 2.05) is 0 Å². The van der Waals surface area contributed by atoms with Crippen LogP contribution in [-0.4, -0.2) is 38.5 Å². The summed E-state index contributed by atoms with van der Waals surface area (Å²) in [5, 5.41) is 8.98. The molecule has 0 radical (unpaired) electrons. The van der Waals surface area contributed by atoms with Crippen LogP contribution in [0.25, 0.3) is 0 Å². The van der Waals surface area contributed by atoms with Gasteiger partial charge in [-0.3, -0.25) is 5.32 Å². The van der Waals surface area contributed by atoms with E-state index in [1.54, 1.807) is 0 Å². The van der Waals surface area contributed by atoms with Gasteiger partial charge >= 0.3 is 0 Å². The van der Waals surface area contributed by atoms with Crippen LogP contribution in [0.15, 0.2) is 0 Å². The maximum atomic E-state index is 3.37. The lowest BCUT2D eigenvalue weighted by Crippen LogP contribution is -2.40. The summed E-state index contributed by atoms with van der Waals surface area (Å²) in [5.41, 5.74) is 3.37. The van der Waals surface area contributed by atoms with Crippen molar-refractivity contribution >= 4 is 0 Å². The van der Waals surface area contributed by atoms with Gasteiger partial charge in [0.2, 0.25) is 0 Å². The molecule has 0 aromatic heterocycles. The topological polar surface area (TPSA) is 39.3 Å². The zero-order valence-electron chi connectivity index (χ0n) is 9.76. The third-order valence-electron chi connectivity index (χ3n) is 3.72. The molecule has 2 atom stereocenters. The number of rotatable bonds is 4. The highest BCUT2D eigenvalue weighted by molar-refractivity contribution is 4.79. The van der Waals surface area contributed by atoms with Gasteiger partial charge in [-0.15, -0.1) is 0 Å². The van der Waals surface area contributed by atoms with E-state index in [0.717, 1.165) is 25.2 Å². The van der Waals surface area contributed by atoms with Crippen molar-refractivity contribution < 1.29 is 0 Å². The second-order valence-corrected chi connectivity index (χ2v) is 4.83. The van der Waals surface area contributed by atoms with Crippen molar-refractivity contribution in [3.63, 3.8) is 0 Å². The summed E-state index contributed by atoms with van der Waals surface area (Å²) in [5.74, 6) is 1.75. The van der Waals surface area contributed by atoms with Gasteiger partial charge in [0.05, 0.1) is 13.3 Å². The molecule has 2 rings (SSSR count). The van der Waals surface area contributed by atoms with Crippen molar-refractivity contribution in [1.82, 2.24) is 21.1 Å². The highest BCUT2D eigenvalue weighted by atomic mass is 15.6. The first-order valence-electron chi connectivity index (χ1n) is 6.24. The summed E-state index contributed by atoms with van der Waals surface area (Å²) < 4.78 is 0. The minimum Gasteiger partial charge on any atom is -0.319 e. The molecule has 1 saturated heterocycles. The van der Waals surface area contributed by atoms with Crippen LogP contribution in [0.3, 0.4) is 0 Å². The van der Waals surface area contributed by atoms with Gasteiger partial charge in [0, 0.05) is 6.54 Å². The Bertz CT molecular complexity index is 177. The molecule has 1 saturated carbocycles. The van der Waals surface area contributed by atoms with Crippen molar-refractivity contribution in [1.29, 1.82) is 0 Å². The molecule has 0 bridgehead atoms. The van der Waals surface area contributed by atoms with Crippen LogP contribution in [0, 0.1) is 11.8 Å². The maximum Gasteiger partial charge on any atom is 0.0631 e. The molecule has 0 aromatic carbocycles. The molecule has 0 spiro atoms. The largest absolute Gasteiger partial charge is 0.319 e. The van der Waals surface area contributed by atoms with Crippen molar-refractivity contribution in [2.24, 2.45) is 11.8 Å². The average Bonchev–Trinajstić information content (AvgIpc) is 2.74. The van der Waals surface area contributed by atoms with E-state index in [1.165, 1.54) is 38.8 Å². The molecule has 15 heavy (non-hydrogen) atoms. The summed E-state index contributed by atoms with van der Waals surface area (Å²) in [6.07, 6.45) is 5.66. The van der Waals surface area contributed by atoms with E-state index in [0.29, 0.717) is 0 Å². The van der Waals surface area contributed by atoms with E-state index < -0.39 is 0 Å². The Morgan fingerprint density at radius 1 is 1.27 bits per heavy atom. The Balaban J connectivity index is 1.80. The minimum atomic E-state index is 0.874. The van der Waals surface area contributed by atoms with Gasteiger partial charge in [0.15, 0.2) is 0 Å². The predicted octanol–water partition coefficient (Wildman–Crippen LogP) is 0.337. The third-order valence-corrected chi connectivity index (χ3v) is 3.72. The third kappa shape index (κ3) is 3.14. The Morgan fingerprint density at radius 2 is 2.07 bits per heavy atom. The fourth-order valence-electron chi connectivity index (χ4n) is 2.88. The summed E-state index contributed by atoms with van der Waals surface area (Å²) in [4.78, 5) is 0. The number of hydrazine groups is 1. The molecule has 0 amide bonds. The Hall–Kier alpha value is -0.160. The van der Waals surface area contributed by atoms with Crippen molar-refractivity contribution in [2.75, 3.05) is 33.5 Å². The molecular weight excluding hydrogens is 188 g/mol. The van der Waals surface area contributed by atoms with Crippen molar-refractivity contribution in [2.45, 2.75) is 25.7 Å². The van der Waals surface area contributed by atoms with Crippen molar-refractivity contribution in [3.8, 4) is 0 Å². The molecular formula is C11H24N4. The summed E-state index contributed by atoms with van der Waals surface area (Å²) in [6.45, 7) is 4.33. The first-order chi connectivity index (χ1) is 7.40. The minimum absolute atomic E-state index is 0.874. The normalized spacial score (nSPS) is 33.4. The molecule has 0 unspecified atom stereocenters. The van der Waals surface area contributed by atoms with E-state index in [2.05, 4.69) is 28.1 Å². The molecule has 2 fully saturated rings. The standard InChI is InChI=1S/C11H24N4/c1-12-6-10-4-2-3-5-11(10)7-15-9-13-8-14-15/h10-14H,2-9H2,1H3/t10-,11+/m1/s1. The molecule has 1 aliphatic heterocycles. The van der Waals surface area contributed by atoms with Crippen LogP contribution in [0.4, 0.5) is 0 Å². The Kier molecular flexibility index (Phi) is 4.38. The van der Waals surface area contributed by atoms with Gasteiger partial charge in [-0.05, 0) is 38.3 Å². The van der Waals surface area contributed by atoms with Crippen LogP contribution < -0.4 is 16.1 Å². The van der Waals surface area contributed by atoms with E-state index in [-0.39, 0.29) is 0 Å². The highest BCUT2D eigenvalue weighted by Gasteiger charge is 2.26. The fraction of sp³-hybridized carbons (Fsp3) is 1.00. The fourth-order valence-corrected chi connectivity index (χ4v) is 2.88. The lowest BCUT2D eigenvalue weighted by atomic mass is 9.79. The lowest BCUT2D eigenvalue weighted by Gasteiger charge is -2.33. The number of hydrogen-bond donors (Lipinski definition) is 3. The Morgan fingerprint density at radius 3 is 2.73 bits per heavy atom. The second-order valence-electron chi connectivity index (χ2n) is 4.83. The van der Waals surface area contributed by atoms with Crippen LogP contribution >= 0.6 is 0 Å². The Labute approximate surface area is 92.8 Å². The number of hydrogen-bond acceptors (Lipinski definition) is 4. The van der Waals surface area contributed by atoms with Gasteiger partial charge in [-0.1, -0.05) is 12.8 Å². The summed E-state index contributed by atoms with van der Waals surface area (Å²) in [6, 6.07) is 0. The first-order valence-corrected chi connectivity index (χ1v) is 6.24. The second kappa shape index (κ2) is 5.80. The van der Waals surface area contributed by atoms with Gasteiger partial charge in [-0.25, -0.2) is 10.4 Å². The van der Waals surface area contributed by atoms with Crippen LogP contribution in [0.2, 0.25) is 0 Å². The molecule has 88 valence electrons. The summed E-state index contributed by atoms with van der Waals surface area (Å²) in [7, 11) is 2.07. The van der Waals surface area contributed by atoms with Gasteiger partial charge in [0.1, 0.15) is 0 Å². The molecule has 2 aliphatic rings. The van der Waals surface area contributed by atoms with Gasteiger partial charge in [0.25, 0.3) is 0 Å². The van der Waals surface area contributed by atoms with Gasteiger partial charge in [-0.2, -0.15) is 0 Å². The molecule has 1 aliphatic carbocycles. The molecule has 4 nitrogen and oxygen atoms in total. The summed E-state index contributed by atoms with van der Waals surface area (Å²) >= 11 is 0. The van der Waals surface area contributed by atoms with Crippen LogP contribution in [0.5, 0.6) is 0 Å². The molecule has 3 N–H and O–H groups in total. The number of nitrogens with one attached hydrogen (secondary N) is 3. The monoisotopic (exact) mass is 212 g/mol. The lowest BCUT2D eigenvalue weighted by molar-refractivity contribution is 0.137. The highest BCUT2D eigenvalue weighted by Crippen LogP contribution is 2.30. The zero-order chi connectivity index (χ0) is 10.5. The maximum absolute atomic E-state index is 3.37. The molecule has 0 aromatic rings. The first kappa shape index (κ1) is 11.3. The van der Waals surface area contributed by atoms with E-state index in [4.69, 9.17) is 0 Å². The van der Waals surface area contributed by atoms with Crippen molar-refractivity contribution in [3.05, 3.63) is 0 Å². The van der Waals surface area contributed by atoms with Gasteiger partial charge < -0.3 is 5.32 Å². The zero-order valence-corrected chi connectivity index (χ0v) is 9.76. The number of nitrogens with zero attached hydrogens (tertiary/aromatic N) is 1. The smallest absolute Gasteiger partial charge is 0.0631 e. The SMILES string of the molecule is CNC[C@H]1CCCC[C@H]1CN1CNCN1.